The van der Waals surface area contributed by atoms with E-state index in [1.165, 1.54) is 32.0 Å². The molecule has 0 aliphatic carbocycles. The van der Waals surface area contributed by atoms with E-state index >= 15 is 0 Å². The smallest absolute Gasteiger partial charge is 0.341 e. The van der Waals surface area contributed by atoms with Gasteiger partial charge in [-0.25, -0.2) is 4.79 Å². The first kappa shape index (κ1) is 59.3. The monoisotopic (exact) mass is 972 g/mol. The maximum Gasteiger partial charge on any atom is 0.341 e. The number of hydrogen-bond donors (Lipinski definition) is 6. The summed E-state index contributed by atoms with van der Waals surface area (Å²) in [4.78, 5) is 86.2. The van der Waals surface area contributed by atoms with Crippen LogP contribution in [0.2, 0.25) is 15.1 Å². The minimum absolute atomic E-state index is 0.0593. The van der Waals surface area contributed by atoms with Crippen LogP contribution >= 0.6 is 34.8 Å². The zero-order valence-corrected chi connectivity index (χ0v) is 38.7. The standard InChI is InChI=1S/C16H11Cl3O3.C11H12O4.C9H10O2.C7H12O4.C5H6O2/c17-11-4-1-9(2-5-11)12(16(21)22)8-15(20)10-3-6-13(18)14(19)7-10;1-2-9(12)8-5-3-4-6-10(8)15-7-11(13)14;1-7(9(10)11)8-5-3-2-4-6-8;1-7(2,6(10)11)4-3-5(8)9;1-2-3-4-5(6)7/h1-7,12H,8H2,(H,21,22);3-6H,2,7H2,1H3,(H,13,14);2-7H,1H3,(H,10,11);3-4H2,1-2H3,(H,8,9)(H,10,11);1H,3-4H2,(H,6,7)/t;;7-;;/m..1../s1. The maximum atomic E-state index is 12.3. The van der Waals surface area contributed by atoms with Gasteiger partial charge < -0.3 is 35.4 Å². The van der Waals surface area contributed by atoms with Crippen LogP contribution in [0.1, 0.15) is 110 Å². The quantitative estimate of drug-likeness (QED) is 0.0400. The van der Waals surface area contributed by atoms with Gasteiger partial charge in [-0.1, -0.05) is 96.3 Å². The summed E-state index contributed by atoms with van der Waals surface area (Å²) in [5.74, 6) is -4.86. The fraction of sp³-hybridized carbons (Fsp3) is 0.292. The van der Waals surface area contributed by atoms with Crippen molar-refractivity contribution in [2.45, 2.75) is 78.1 Å². The van der Waals surface area contributed by atoms with Gasteiger partial charge in [0.1, 0.15) is 5.75 Å². The molecule has 0 aromatic heterocycles. The molecule has 15 nitrogen and oxygen atoms in total. The van der Waals surface area contributed by atoms with E-state index in [1.54, 1.807) is 62.4 Å². The second kappa shape index (κ2) is 31.2. The molecular formula is C48H51Cl3O15. The Bertz CT molecular complexity index is 2290. The summed E-state index contributed by atoms with van der Waals surface area (Å²) in [5.41, 5.74) is 1.19. The van der Waals surface area contributed by atoms with Crippen LogP contribution in [0.4, 0.5) is 0 Å². The molecule has 4 aromatic rings. The van der Waals surface area contributed by atoms with Gasteiger partial charge in [0.2, 0.25) is 0 Å². The number of hydrogen-bond acceptors (Lipinski definition) is 9. The van der Waals surface area contributed by atoms with Gasteiger partial charge in [0.05, 0.1) is 39.3 Å². The van der Waals surface area contributed by atoms with Crippen LogP contribution in [-0.2, 0) is 28.8 Å². The molecule has 0 aliphatic heterocycles. The van der Waals surface area contributed by atoms with Crippen molar-refractivity contribution in [3.63, 3.8) is 0 Å². The molecule has 0 saturated heterocycles. The van der Waals surface area contributed by atoms with Crippen molar-refractivity contribution in [3.05, 3.63) is 134 Å². The van der Waals surface area contributed by atoms with E-state index in [9.17, 15) is 43.5 Å². The largest absolute Gasteiger partial charge is 0.481 e. The highest BCUT2D eigenvalue weighted by molar-refractivity contribution is 6.42. The molecule has 2 atom stereocenters. The van der Waals surface area contributed by atoms with E-state index in [2.05, 4.69) is 5.92 Å². The molecule has 1 unspecified atom stereocenters. The summed E-state index contributed by atoms with van der Waals surface area (Å²) >= 11 is 17.5. The molecule has 66 heavy (non-hydrogen) atoms. The highest BCUT2D eigenvalue weighted by atomic mass is 35.5. The number of para-hydroxylation sites is 1. The number of carboxylic acids is 6. The average molecular weight is 974 g/mol. The molecule has 18 heteroatoms. The lowest BCUT2D eigenvalue weighted by Gasteiger charge is -2.16. The van der Waals surface area contributed by atoms with Gasteiger partial charge in [-0.2, -0.15) is 0 Å². The SMILES string of the molecule is C#CCCC(=O)O.CC(C)(CCC(=O)O)C(=O)O.CCC(=O)c1ccccc1OCC(=O)O.C[C@@H](C(=O)O)c1ccccc1.O=C(CC(C(=O)O)c1ccc(Cl)cc1)c1ccc(Cl)c(Cl)c1. The Kier molecular flexibility index (Phi) is 28.0. The molecule has 0 saturated carbocycles. The van der Waals surface area contributed by atoms with Crippen LogP contribution in [0, 0.1) is 17.8 Å². The summed E-state index contributed by atoms with van der Waals surface area (Å²) in [6.07, 6.45) is 5.44. The summed E-state index contributed by atoms with van der Waals surface area (Å²) < 4.78 is 5.00. The zero-order chi connectivity index (χ0) is 50.6. The van der Waals surface area contributed by atoms with Gasteiger partial charge in [0.15, 0.2) is 18.2 Å². The van der Waals surface area contributed by atoms with Gasteiger partial charge in [0, 0.05) is 36.3 Å². The number of aliphatic carboxylic acids is 6. The fourth-order valence-corrected chi connectivity index (χ4v) is 5.18. The van der Waals surface area contributed by atoms with Crippen LogP contribution in [0.25, 0.3) is 0 Å². The number of ketones is 2. The lowest BCUT2D eigenvalue weighted by atomic mass is 9.88. The second-order valence-corrected chi connectivity index (χ2v) is 15.6. The van der Waals surface area contributed by atoms with E-state index in [0.29, 0.717) is 45.3 Å². The predicted molar refractivity (Wildman–Crippen MR) is 248 cm³/mol. The number of halogens is 3. The number of benzene rings is 4. The molecule has 0 bridgehead atoms. The van der Waals surface area contributed by atoms with Crippen LogP contribution in [0.15, 0.2) is 97.1 Å². The molecular weight excluding hydrogens is 923 g/mol. The Labute approximate surface area is 396 Å². The lowest BCUT2D eigenvalue weighted by molar-refractivity contribution is -0.148. The van der Waals surface area contributed by atoms with Gasteiger partial charge in [0.25, 0.3) is 0 Å². The average Bonchev–Trinajstić information content (AvgIpc) is 3.27. The molecule has 0 heterocycles. The van der Waals surface area contributed by atoms with Crippen LogP contribution < -0.4 is 4.74 Å². The number of terminal acetylenes is 1. The Morgan fingerprint density at radius 1 is 0.667 bits per heavy atom. The molecule has 0 spiro atoms. The Morgan fingerprint density at radius 3 is 1.68 bits per heavy atom. The zero-order valence-electron chi connectivity index (χ0n) is 36.4. The first-order chi connectivity index (χ1) is 30.9. The molecule has 6 N–H and O–H groups in total. The number of carboxylic acid groups (broad SMARTS) is 6. The summed E-state index contributed by atoms with van der Waals surface area (Å²) in [6.45, 7) is 6.01. The third-order valence-electron chi connectivity index (χ3n) is 8.76. The first-order valence-corrected chi connectivity index (χ1v) is 20.8. The maximum absolute atomic E-state index is 12.3. The van der Waals surface area contributed by atoms with E-state index < -0.39 is 59.7 Å². The Morgan fingerprint density at radius 2 is 1.23 bits per heavy atom. The van der Waals surface area contributed by atoms with Crippen LogP contribution in [0.5, 0.6) is 5.75 Å². The molecule has 4 rings (SSSR count). The van der Waals surface area contributed by atoms with Crippen molar-refractivity contribution in [2.24, 2.45) is 5.41 Å². The normalized spacial score (nSPS) is 10.9. The van der Waals surface area contributed by atoms with Crippen LogP contribution in [-0.4, -0.2) is 84.6 Å². The van der Waals surface area contributed by atoms with E-state index in [0.717, 1.165) is 5.56 Å². The number of carbonyl (C=O) groups is 8. The summed E-state index contributed by atoms with van der Waals surface area (Å²) in [5, 5.41) is 52.3. The molecule has 0 aliphatic rings. The third-order valence-corrected chi connectivity index (χ3v) is 9.75. The van der Waals surface area contributed by atoms with Gasteiger partial charge >= 0.3 is 35.8 Å². The topological polar surface area (TPSA) is 267 Å². The van der Waals surface area contributed by atoms with Crippen molar-refractivity contribution in [3.8, 4) is 18.1 Å². The highest BCUT2D eigenvalue weighted by Crippen LogP contribution is 2.27. The lowest BCUT2D eigenvalue weighted by Crippen LogP contribution is -2.24. The molecule has 0 radical (unpaired) electrons. The van der Waals surface area contributed by atoms with Crippen LogP contribution in [0.3, 0.4) is 0 Å². The van der Waals surface area contributed by atoms with E-state index in [4.69, 9.17) is 71.5 Å². The van der Waals surface area contributed by atoms with Gasteiger partial charge in [-0.15, -0.1) is 12.3 Å². The highest BCUT2D eigenvalue weighted by Gasteiger charge is 2.27. The van der Waals surface area contributed by atoms with Crippen molar-refractivity contribution in [1.29, 1.82) is 0 Å². The van der Waals surface area contributed by atoms with Crippen molar-refractivity contribution >= 4 is 82.2 Å². The Balaban J connectivity index is 0.000000845. The Hall–Kier alpha value is -6.73. The minimum atomic E-state index is -1.07. The van der Waals surface area contributed by atoms with Crippen molar-refractivity contribution in [1.82, 2.24) is 0 Å². The van der Waals surface area contributed by atoms with E-state index in [1.807, 2.05) is 30.3 Å². The molecule has 4 aromatic carbocycles. The first-order valence-electron chi connectivity index (χ1n) is 19.7. The summed E-state index contributed by atoms with van der Waals surface area (Å²) in [6, 6.07) is 26.7. The number of Topliss-reactive ketones (excluding diaryl/α,β-unsaturated/α-hetero) is 2. The van der Waals surface area contributed by atoms with Gasteiger partial charge in [-0.3, -0.25) is 33.6 Å². The van der Waals surface area contributed by atoms with Crippen molar-refractivity contribution < 1.29 is 73.7 Å². The predicted octanol–water partition coefficient (Wildman–Crippen LogP) is 10.2. The third kappa shape index (κ3) is 24.4. The molecule has 0 amide bonds. The number of ether oxygens (including phenoxy) is 1. The fourth-order valence-electron chi connectivity index (χ4n) is 4.76. The second-order valence-electron chi connectivity index (χ2n) is 14.3. The van der Waals surface area contributed by atoms with Crippen molar-refractivity contribution in [2.75, 3.05) is 6.61 Å². The molecule has 0 fully saturated rings. The minimum Gasteiger partial charge on any atom is -0.481 e. The summed E-state index contributed by atoms with van der Waals surface area (Å²) in [7, 11) is 0. The number of rotatable bonds is 18. The van der Waals surface area contributed by atoms with Gasteiger partial charge in [-0.05, 0) is 80.8 Å². The van der Waals surface area contributed by atoms with E-state index in [-0.39, 0.29) is 42.3 Å². The molecule has 354 valence electrons. The number of carbonyl (C=O) groups excluding carboxylic acids is 2.